The van der Waals surface area contributed by atoms with E-state index in [2.05, 4.69) is 35.7 Å². The zero-order valence-corrected chi connectivity index (χ0v) is 12.4. The van der Waals surface area contributed by atoms with E-state index in [4.69, 9.17) is 9.05 Å². The van der Waals surface area contributed by atoms with Gasteiger partial charge in [0.1, 0.15) is 17.9 Å². The van der Waals surface area contributed by atoms with Crippen molar-refractivity contribution in [2.24, 2.45) is 7.05 Å². The van der Waals surface area contributed by atoms with Gasteiger partial charge in [-0.25, -0.2) is 9.97 Å². The second-order valence-electron chi connectivity index (χ2n) is 4.92. The number of nitrogens with one attached hydrogen (secondary N) is 1. The van der Waals surface area contributed by atoms with Gasteiger partial charge in [-0.15, -0.1) is 0 Å². The first-order valence-electron chi connectivity index (χ1n) is 6.83. The third-order valence-electron chi connectivity index (χ3n) is 3.26. The Morgan fingerprint density at radius 1 is 1.22 bits per heavy atom. The molecule has 0 aromatic carbocycles. The molecule has 4 heterocycles. The van der Waals surface area contributed by atoms with Crippen LogP contribution in [-0.2, 0) is 13.6 Å². The Balaban J connectivity index is 1.54. The van der Waals surface area contributed by atoms with Gasteiger partial charge in [-0.05, 0) is 6.92 Å². The summed E-state index contributed by atoms with van der Waals surface area (Å²) >= 11 is 0. The number of fused-ring (bicyclic) bond motifs is 1. The third kappa shape index (κ3) is 2.39. The molecule has 0 saturated heterocycles. The van der Waals surface area contributed by atoms with Crippen molar-refractivity contribution in [2.45, 2.75) is 13.5 Å². The van der Waals surface area contributed by atoms with Crippen molar-refractivity contribution in [3.63, 3.8) is 0 Å². The summed E-state index contributed by atoms with van der Waals surface area (Å²) in [7, 11) is 1.82. The quantitative estimate of drug-likeness (QED) is 0.594. The highest BCUT2D eigenvalue weighted by molar-refractivity contribution is 5.85. The standard InChI is InChI=1S/C13H12N8O2/c1-7-3-9(19-22-7)12-18-10(23-20-12)5-14-11-8-4-17-21(2)13(8)16-6-15-11/h3-4,6H,5H2,1-2H3,(H,14,15,16). The van der Waals surface area contributed by atoms with Gasteiger partial charge < -0.3 is 14.4 Å². The van der Waals surface area contributed by atoms with E-state index in [0.29, 0.717) is 35.5 Å². The Morgan fingerprint density at radius 2 is 2.13 bits per heavy atom. The molecule has 0 saturated carbocycles. The van der Waals surface area contributed by atoms with Crippen LogP contribution in [0.2, 0.25) is 0 Å². The molecule has 4 aromatic heterocycles. The lowest BCUT2D eigenvalue weighted by atomic mass is 10.3. The second kappa shape index (κ2) is 5.16. The number of aryl methyl sites for hydroxylation is 2. The van der Waals surface area contributed by atoms with E-state index in [1.54, 1.807) is 23.9 Å². The van der Waals surface area contributed by atoms with Gasteiger partial charge in [-0.1, -0.05) is 10.3 Å². The highest BCUT2D eigenvalue weighted by atomic mass is 16.5. The number of hydrogen-bond acceptors (Lipinski definition) is 9. The summed E-state index contributed by atoms with van der Waals surface area (Å²) in [5, 5.41) is 15.9. The molecule has 10 nitrogen and oxygen atoms in total. The van der Waals surface area contributed by atoms with Gasteiger partial charge in [0, 0.05) is 13.1 Å². The van der Waals surface area contributed by atoms with Gasteiger partial charge in [-0.3, -0.25) is 4.68 Å². The molecule has 1 N–H and O–H groups in total. The minimum absolute atomic E-state index is 0.324. The molecule has 4 aromatic rings. The van der Waals surface area contributed by atoms with E-state index in [0.717, 1.165) is 11.0 Å². The predicted molar refractivity (Wildman–Crippen MR) is 78.2 cm³/mol. The molecule has 0 atom stereocenters. The van der Waals surface area contributed by atoms with E-state index < -0.39 is 0 Å². The van der Waals surface area contributed by atoms with Gasteiger partial charge in [0.2, 0.25) is 11.7 Å². The molecule has 0 unspecified atom stereocenters. The highest BCUT2D eigenvalue weighted by Gasteiger charge is 2.13. The van der Waals surface area contributed by atoms with Crippen LogP contribution in [0.1, 0.15) is 11.7 Å². The largest absolute Gasteiger partial charge is 0.361 e. The molecule has 0 aliphatic rings. The maximum atomic E-state index is 5.20. The summed E-state index contributed by atoms with van der Waals surface area (Å²) in [5.41, 5.74) is 1.28. The fraction of sp³-hybridized carbons (Fsp3) is 0.231. The normalized spacial score (nSPS) is 11.2. The minimum Gasteiger partial charge on any atom is -0.361 e. The number of hydrogen-bond donors (Lipinski definition) is 1. The van der Waals surface area contributed by atoms with Gasteiger partial charge in [0.15, 0.2) is 11.3 Å². The number of rotatable bonds is 4. The lowest BCUT2D eigenvalue weighted by Gasteiger charge is -2.02. The van der Waals surface area contributed by atoms with Crippen LogP contribution in [0.3, 0.4) is 0 Å². The molecular formula is C13H12N8O2. The van der Waals surface area contributed by atoms with Crippen LogP contribution in [0.15, 0.2) is 27.6 Å². The van der Waals surface area contributed by atoms with E-state index in [9.17, 15) is 0 Å². The zero-order valence-electron chi connectivity index (χ0n) is 12.4. The maximum Gasteiger partial charge on any atom is 0.246 e. The first-order chi connectivity index (χ1) is 11.2. The number of aromatic nitrogens is 7. The van der Waals surface area contributed by atoms with Crippen LogP contribution >= 0.6 is 0 Å². The Kier molecular flexibility index (Phi) is 3.00. The Bertz CT molecular complexity index is 969. The lowest BCUT2D eigenvalue weighted by Crippen LogP contribution is -2.03. The Labute approximate surface area is 129 Å². The lowest BCUT2D eigenvalue weighted by molar-refractivity contribution is 0.381. The molecule has 10 heteroatoms. The molecule has 116 valence electrons. The molecule has 0 fully saturated rings. The van der Waals surface area contributed by atoms with Crippen LogP contribution in [-0.4, -0.2) is 35.0 Å². The van der Waals surface area contributed by atoms with Gasteiger partial charge in [0.25, 0.3) is 0 Å². The summed E-state index contributed by atoms with van der Waals surface area (Å²) in [6, 6.07) is 1.74. The molecule has 0 spiro atoms. The third-order valence-corrected chi connectivity index (χ3v) is 3.26. The number of anilines is 1. The van der Waals surface area contributed by atoms with E-state index in [1.807, 2.05) is 7.05 Å². The topological polar surface area (TPSA) is 121 Å². The summed E-state index contributed by atoms with van der Waals surface area (Å²) in [4.78, 5) is 12.7. The smallest absolute Gasteiger partial charge is 0.246 e. The monoisotopic (exact) mass is 312 g/mol. The van der Waals surface area contributed by atoms with Crippen molar-refractivity contribution in [1.82, 2.24) is 35.0 Å². The molecule has 0 aliphatic heterocycles. The minimum atomic E-state index is 0.324. The van der Waals surface area contributed by atoms with Crippen LogP contribution in [0.25, 0.3) is 22.6 Å². The van der Waals surface area contributed by atoms with Crippen LogP contribution in [0.4, 0.5) is 5.82 Å². The molecule has 0 bridgehead atoms. The summed E-state index contributed by atoms with van der Waals surface area (Å²) in [6.07, 6.45) is 3.18. The van der Waals surface area contributed by atoms with Crippen LogP contribution in [0, 0.1) is 6.92 Å². The van der Waals surface area contributed by atoms with Gasteiger partial charge >= 0.3 is 0 Å². The Hall–Kier alpha value is -3.30. The molecule has 23 heavy (non-hydrogen) atoms. The van der Waals surface area contributed by atoms with Crippen molar-refractivity contribution in [3.05, 3.63) is 30.2 Å². The highest BCUT2D eigenvalue weighted by Crippen LogP contribution is 2.19. The fourth-order valence-electron chi connectivity index (χ4n) is 2.16. The predicted octanol–water partition coefficient (Wildman–Crippen LogP) is 1.32. The average Bonchev–Trinajstić information content (AvgIpc) is 3.26. The molecule has 0 aliphatic carbocycles. The van der Waals surface area contributed by atoms with Crippen molar-refractivity contribution >= 4 is 16.9 Å². The molecule has 0 radical (unpaired) electrons. The van der Waals surface area contributed by atoms with E-state index >= 15 is 0 Å². The summed E-state index contributed by atoms with van der Waals surface area (Å²) in [5.74, 6) is 2.13. The van der Waals surface area contributed by atoms with Crippen LogP contribution < -0.4 is 5.32 Å². The fourth-order valence-corrected chi connectivity index (χ4v) is 2.16. The van der Waals surface area contributed by atoms with Gasteiger partial charge in [0.05, 0.1) is 18.1 Å². The van der Waals surface area contributed by atoms with Crippen LogP contribution in [0.5, 0.6) is 0 Å². The van der Waals surface area contributed by atoms with Crippen molar-refractivity contribution < 1.29 is 9.05 Å². The molecule has 4 rings (SSSR count). The zero-order chi connectivity index (χ0) is 15.8. The van der Waals surface area contributed by atoms with Crippen molar-refractivity contribution in [2.75, 3.05) is 5.32 Å². The number of nitrogens with zero attached hydrogens (tertiary/aromatic N) is 7. The van der Waals surface area contributed by atoms with Gasteiger partial charge in [-0.2, -0.15) is 10.1 Å². The molecular weight excluding hydrogens is 300 g/mol. The summed E-state index contributed by atoms with van der Waals surface area (Å²) < 4.78 is 11.9. The Morgan fingerprint density at radius 3 is 2.96 bits per heavy atom. The second-order valence-corrected chi connectivity index (χ2v) is 4.92. The van der Waals surface area contributed by atoms with E-state index in [1.165, 1.54) is 6.33 Å². The van der Waals surface area contributed by atoms with Crippen molar-refractivity contribution in [1.29, 1.82) is 0 Å². The molecule has 0 amide bonds. The van der Waals surface area contributed by atoms with E-state index in [-0.39, 0.29) is 0 Å². The average molecular weight is 312 g/mol. The van der Waals surface area contributed by atoms with Crippen molar-refractivity contribution in [3.8, 4) is 11.5 Å². The first-order valence-corrected chi connectivity index (χ1v) is 6.83. The maximum absolute atomic E-state index is 5.20. The first kappa shape index (κ1) is 13.4. The SMILES string of the molecule is Cc1cc(-c2noc(CNc3ncnc4c3cnn4C)n2)no1. The summed E-state index contributed by atoms with van der Waals surface area (Å²) in [6.45, 7) is 2.12.